The summed E-state index contributed by atoms with van der Waals surface area (Å²) in [6.45, 7) is 4.93. The first-order valence-electron chi connectivity index (χ1n) is 6.86. The molecule has 3 nitrogen and oxygen atoms in total. The molecule has 2 rings (SSSR count). The smallest absolute Gasteiger partial charge is 0.193 e. The molecule has 0 unspecified atom stereocenters. The molecule has 2 aromatic carbocycles. The second kappa shape index (κ2) is 8.67. The summed E-state index contributed by atoms with van der Waals surface area (Å²) in [6, 6.07) is 18.3. The molecule has 0 heterocycles. The number of nitrogens with zero attached hydrogens (tertiary/aromatic N) is 1. The summed E-state index contributed by atoms with van der Waals surface area (Å²) in [5.41, 5.74) is 9.33. The Morgan fingerprint density at radius 3 is 2.48 bits per heavy atom. The van der Waals surface area contributed by atoms with Crippen LogP contribution in [0.25, 0.3) is 0 Å². The summed E-state index contributed by atoms with van der Waals surface area (Å²) >= 11 is 0. The maximum atomic E-state index is 5.92. The molecule has 0 atom stereocenters. The van der Waals surface area contributed by atoms with E-state index in [0.29, 0.717) is 18.4 Å². The van der Waals surface area contributed by atoms with E-state index < -0.39 is 0 Å². The summed E-state index contributed by atoms with van der Waals surface area (Å²) in [6.07, 6.45) is 0. The second-order valence-electron chi connectivity index (χ2n) is 5.09. The van der Waals surface area contributed by atoms with Gasteiger partial charge in [-0.2, -0.15) is 0 Å². The number of hydrogen-bond donors (Lipinski definition) is 2. The van der Waals surface area contributed by atoms with Gasteiger partial charge >= 0.3 is 0 Å². The topological polar surface area (TPSA) is 50.4 Å². The summed E-state index contributed by atoms with van der Waals surface area (Å²) in [5.74, 6) is 0.939. The lowest BCUT2D eigenvalue weighted by atomic mass is 10.0. The molecular weight excluding hydrogens is 373 g/mol. The molecule has 21 heavy (non-hydrogen) atoms. The monoisotopic (exact) mass is 395 g/mol. The molecule has 0 aliphatic heterocycles. The van der Waals surface area contributed by atoms with Gasteiger partial charge < -0.3 is 11.1 Å². The summed E-state index contributed by atoms with van der Waals surface area (Å²) in [5, 5.41) is 3.14. The molecule has 112 valence electrons. The van der Waals surface area contributed by atoms with E-state index in [0.717, 1.165) is 11.3 Å². The van der Waals surface area contributed by atoms with Crippen LogP contribution in [0.1, 0.15) is 30.9 Å². The Bertz CT molecular complexity index is 580. The predicted octanol–water partition coefficient (Wildman–Crippen LogP) is 4.35. The largest absolute Gasteiger partial charge is 0.370 e. The molecule has 0 aromatic heterocycles. The number of benzene rings is 2. The van der Waals surface area contributed by atoms with Crippen molar-refractivity contribution in [2.45, 2.75) is 26.3 Å². The summed E-state index contributed by atoms with van der Waals surface area (Å²) in [4.78, 5) is 4.35. The second-order valence-corrected chi connectivity index (χ2v) is 5.09. The minimum atomic E-state index is 0. The molecule has 0 fully saturated rings. The van der Waals surface area contributed by atoms with Crippen molar-refractivity contribution >= 4 is 35.6 Å². The van der Waals surface area contributed by atoms with Crippen LogP contribution in [-0.2, 0) is 6.54 Å². The van der Waals surface area contributed by atoms with Crippen LogP contribution in [0.15, 0.2) is 59.6 Å². The van der Waals surface area contributed by atoms with E-state index in [1.54, 1.807) is 0 Å². The third kappa shape index (κ3) is 5.75. The first kappa shape index (κ1) is 17.5. The van der Waals surface area contributed by atoms with Gasteiger partial charge in [0.25, 0.3) is 0 Å². The van der Waals surface area contributed by atoms with Crippen LogP contribution in [0.4, 0.5) is 5.69 Å². The standard InChI is InChI=1S/C17H21N3.HI/c1-13(2)15-9-6-10-16(11-15)20-17(18)19-12-14-7-4-3-5-8-14;/h3-11,13H,12H2,1-2H3,(H3,18,19,20);1H. The van der Waals surface area contributed by atoms with Crippen LogP contribution in [0, 0.1) is 0 Å². The number of rotatable bonds is 4. The van der Waals surface area contributed by atoms with Crippen molar-refractivity contribution in [3.8, 4) is 0 Å². The van der Waals surface area contributed by atoms with Gasteiger partial charge in [0, 0.05) is 5.69 Å². The van der Waals surface area contributed by atoms with Crippen molar-refractivity contribution in [1.82, 2.24) is 0 Å². The third-order valence-electron chi connectivity index (χ3n) is 3.10. The fourth-order valence-electron chi connectivity index (χ4n) is 1.92. The average molecular weight is 395 g/mol. The molecule has 0 bridgehead atoms. The molecule has 0 aliphatic rings. The Kier molecular flexibility index (Phi) is 7.22. The van der Waals surface area contributed by atoms with Crippen molar-refractivity contribution in [3.05, 3.63) is 65.7 Å². The highest BCUT2D eigenvalue weighted by Crippen LogP contribution is 2.18. The van der Waals surface area contributed by atoms with Crippen LogP contribution in [0.3, 0.4) is 0 Å². The molecular formula is C17H22IN3. The van der Waals surface area contributed by atoms with E-state index in [1.807, 2.05) is 42.5 Å². The zero-order valence-electron chi connectivity index (χ0n) is 12.4. The molecule has 0 saturated carbocycles. The molecule has 0 amide bonds. The number of nitrogens with two attached hydrogens (primary N) is 1. The van der Waals surface area contributed by atoms with Gasteiger partial charge in [0.15, 0.2) is 5.96 Å². The van der Waals surface area contributed by atoms with Crippen molar-refractivity contribution in [2.24, 2.45) is 10.7 Å². The van der Waals surface area contributed by atoms with Crippen molar-refractivity contribution in [3.63, 3.8) is 0 Å². The maximum absolute atomic E-state index is 5.92. The van der Waals surface area contributed by atoms with Gasteiger partial charge in [-0.05, 0) is 29.2 Å². The first-order valence-corrected chi connectivity index (χ1v) is 6.86. The molecule has 4 heteroatoms. The van der Waals surface area contributed by atoms with E-state index in [9.17, 15) is 0 Å². The van der Waals surface area contributed by atoms with E-state index in [-0.39, 0.29) is 24.0 Å². The number of anilines is 1. The van der Waals surface area contributed by atoms with Crippen LogP contribution in [-0.4, -0.2) is 5.96 Å². The lowest BCUT2D eigenvalue weighted by Gasteiger charge is -2.10. The highest BCUT2D eigenvalue weighted by Gasteiger charge is 2.01. The number of nitrogens with one attached hydrogen (secondary N) is 1. The highest BCUT2D eigenvalue weighted by molar-refractivity contribution is 14.0. The minimum absolute atomic E-state index is 0. The van der Waals surface area contributed by atoms with E-state index in [2.05, 4.69) is 36.3 Å². The Morgan fingerprint density at radius 1 is 1.10 bits per heavy atom. The average Bonchev–Trinajstić information content (AvgIpc) is 2.46. The van der Waals surface area contributed by atoms with Gasteiger partial charge in [0.05, 0.1) is 6.54 Å². The van der Waals surface area contributed by atoms with Crippen LogP contribution < -0.4 is 11.1 Å². The molecule has 0 spiro atoms. The quantitative estimate of drug-likeness (QED) is 0.459. The third-order valence-corrected chi connectivity index (χ3v) is 3.10. The van der Waals surface area contributed by atoms with E-state index in [4.69, 9.17) is 5.73 Å². The number of guanidine groups is 1. The summed E-state index contributed by atoms with van der Waals surface area (Å²) in [7, 11) is 0. The Balaban J connectivity index is 0.00000220. The van der Waals surface area contributed by atoms with Gasteiger partial charge in [0.1, 0.15) is 0 Å². The molecule has 0 aliphatic carbocycles. The molecule has 2 aromatic rings. The lowest BCUT2D eigenvalue weighted by Crippen LogP contribution is -2.22. The highest BCUT2D eigenvalue weighted by atomic mass is 127. The van der Waals surface area contributed by atoms with E-state index >= 15 is 0 Å². The predicted molar refractivity (Wildman–Crippen MR) is 101 cm³/mol. The van der Waals surface area contributed by atoms with Crippen LogP contribution >= 0.6 is 24.0 Å². The molecule has 3 N–H and O–H groups in total. The zero-order chi connectivity index (χ0) is 14.4. The number of hydrogen-bond acceptors (Lipinski definition) is 1. The van der Waals surface area contributed by atoms with Crippen LogP contribution in [0.2, 0.25) is 0 Å². The maximum Gasteiger partial charge on any atom is 0.193 e. The van der Waals surface area contributed by atoms with Gasteiger partial charge in [-0.1, -0.05) is 56.3 Å². The van der Waals surface area contributed by atoms with Crippen molar-refractivity contribution in [2.75, 3.05) is 5.32 Å². The fourth-order valence-corrected chi connectivity index (χ4v) is 1.92. The SMILES string of the molecule is CC(C)c1cccc(NC(N)=NCc2ccccc2)c1.I. The summed E-state index contributed by atoms with van der Waals surface area (Å²) < 4.78 is 0. The lowest BCUT2D eigenvalue weighted by molar-refractivity contribution is 0.867. The first-order chi connectivity index (χ1) is 9.65. The zero-order valence-corrected chi connectivity index (χ0v) is 14.7. The molecule has 0 radical (unpaired) electrons. The van der Waals surface area contributed by atoms with E-state index in [1.165, 1.54) is 5.56 Å². The Labute approximate surface area is 143 Å². The van der Waals surface area contributed by atoms with Crippen molar-refractivity contribution in [1.29, 1.82) is 0 Å². The Morgan fingerprint density at radius 2 is 1.81 bits per heavy atom. The van der Waals surface area contributed by atoms with Gasteiger partial charge in [-0.15, -0.1) is 24.0 Å². The minimum Gasteiger partial charge on any atom is -0.370 e. The van der Waals surface area contributed by atoms with Gasteiger partial charge in [-0.25, -0.2) is 4.99 Å². The van der Waals surface area contributed by atoms with Gasteiger partial charge in [0.2, 0.25) is 0 Å². The van der Waals surface area contributed by atoms with Crippen molar-refractivity contribution < 1.29 is 0 Å². The Hall–Kier alpha value is -1.56. The normalized spacial score (nSPS) is 11.1. The number of aliphatic imine (C=N–C) groups is 1. The van der Waals surface area contributed by atoms with Crippen LogP contribution in [0.5, 0.6) is 0 Å². The molecule has 0 saturated heterocycles. The van der Waals surface area contributed by atoms with Gasteiger partial charge in [-0.3, -0.25) is 0 Å². The number of halogens is 1. The fraction of sp³-hybridized carbons (Fsp3) is 0.235.